The van der Waals surface area contributed by atoms with Gasteiger partial charge in [0, 0.05) is 0 Å². The van der Waals surface area contributed by atoms with E-state index < -0.39 is 18.0 Å². The second kappa shape index (κ2) is 5.57. The molecule has 0 spiro atoms. The van der Waals surface area contributed by atoms with Crippen molar-refractivity contribution in [3.8, 4) is 0 Å². The van der Waals surface area contributed by atoms with Crippen molar-refractivity contribution in [3.63, 3.8) is 0 Å². The molecule has 98 valence electrons. The molecule has 0 saturated heterocycles. The van der Waals surface area contributed by atoms with Gasteiger partial charge in [-0.15, -0.1) is 0 Å². The predicted molar refractivity (Wildman–Crippen MR) is 62.8 cm³/mol. The maximum Gasteiger partial charge on any atom is 0.326 e. The van der Waals surface area contributed by atoms with Gasteiger partial charge in [-0.3, -0.25) is 0 Å². The second-order valence-corrected chi connectivity index (χ2v) is 4.48. The molecule has 1 aliphatic carbocycles. The Morgan fingerprint density at radius 3 is 2.83 bits per heavy atom. The lowest BCUT2D eigenvalue weighted by Crippen LogP contribution is -2.46. The van der Waals surface area contributed by atoms with E-state index >= 15 is 0 Å². The molecule has 1 aliphatic rings. The number of rotatable bonds is 6. The normalized spacial score (nSPS) is 16.0. The molecule has 18 heavy (non-hydrogen) atoms. The van der Waals surface area contributed by atoms with Crippen LogP contribution in [0.2, 0.25) is 0 Å². The Labute approximate surface area is 104 Å². The summed E-state index contributed by atoms with van der Waals surface area (Å²) in [5.74, 6) is 0.0748. The summed E-state index contributed by atoms with van der Waals surface area (Å²) in [6.45, 7) is 0.245. The van der Waals surface area contributed by atoms with E-state index in [4.69, 9.17) is 9.52 Å². The van der Waals surface area contributed by atoms with E-state index in [1.807, 2.05) is 0 Å². The van der Waals surface area contributed by atoms with Crippen LogP contribution in [-0.4, -0.2) is 23.1 Å². The summed E-state index contributed by atoms with van der Waals surface area (Å²) in [5, 5.41) is 14.0. The van der Waals surface area contributed by atoms with Gasteiger partial charge in [-0.05, 0) is 24.5 Å². The first-order valence-corrected chi connectivity index (χ1v) is 5.94. The molecule has 6 nitrogen and oxygen atoms in total. The SMILES string of the molecule is O=C(NCc1ccco1)N[C@@H](CC1CC1)C(=O)O. The minimum absolute atomic E-state index is 0.245. The van der Waals surface area contributed by atoms with Crippen molar-refractivity contribution in [2.75, 3.05) is 0 Å². The highest BCUT2D eigenvalue weighted by Gasteiger charge is 2.30. The van der Waals surface area contributed by atoms with Crippen molar-refractivity contribution in [2.45, 2.75) is 31.8 Å². The Bertz CT molecular complexity index is 412. The van der Waals surface area contributed by atoms with Gasteiger partial charge in [0.05, 0.1) is 12.8 Å². The molecule has 1 atom stereocenters. The van der Waals surface area contributed by atoms with Gasteiger partial charge in [-0.1, -0.05) is 12.8 Å². The molecular weight excluding hydrogens is 236 g/mol. The highest BCUT2D eigenvalue weighted by atomic mass is 16.4. The summed E-state index contributed by atoms with van der Waals surface area (Å²) in [5.41, 5.74) is 0. The lowest BCUT2D eigenvalue weighted by atomic mass is 10.1. The van der Waals surface area contributed by atoms with E-state index in [0.717, 1.165) is 12.8 Å². The summed E-state index contributed by atoms with van der Waals surface area (Å²) in [7, 11) is 0. The number of urea groups is 1. The van der Waals surface area contributed by atoms with E-state index in [-0.39, 0.29) is 6.54 Å². The number of aliphatic carboxylic acids is 1. The summed E-state index contributed by atoms with van der Waals surface area (Å²) >= 11 is 0. The molecule has 2 rings (SSSR count). The van der Waals surface area contributed by atoms with Gasteiger partial charge in [0.25, 0.3) is 0 Å². The van der Waals surface area contributed by atoms with E-state index in [1.165, 1.54) is 6.26 Å². The topological polar surface area (TPSA) is 91.6 Å². The third-order valence-corrected chi connectivity index (χ3v) is 2.87. The third-order valence-electron chi connectivity index (χ3n) is 2.87. The zero-order valence-corrected chi connectivity index (χ0v) is 9.89. The maximum absolute atomic E-state index is 11.5. The fraction of sp³-hybridized carbons (Fsp3) is 0.500. The van der Waals surface area contributed by atoms with Crippen molar-refractivity contribution in [1.29, 1.82) is 0 Å². The lowest BCUT2D eigenvalue weighted by Gasteiger charge is -2.14. The van der Waals surface area contributed by atoms with Crippen molar-refractivity contribution in [1.82, 2.24) is 10.6 Å². The number of amides is 2. The van der Waals surface area contributed by atoms with Crippen LogP contribution < -0.4 is 10.6 Å². The highest BCUT2D eigenvalue weighted by Crippen LogP contribution is 2.33. The summed E-state index contributed by atoms with van der Waals surface area (Å²) in [4.78, 5) is 22.5. The van der Waals surface area contributed by atoms with Gasteiger partial charge in [-0.25, -0.2) is 9.59 Å². The maximum atomic E-state index is 11.5. The number of furan rings is 1. The number of carboxylic acid groups (broad SMARTS) is 1. The zero-order chi connectivity index (χ0) is 13.0. The van der Waals surface area contributed by atoms with Crippen LogP contribution in [0.4, 0.5) is 4.79 Å². The summed E-state index contributed by atoms with van der Waals surface area (Å²) in [6.07, 6.45) is 4.13. The Morgan fingerprint density at radius 2 is 2.28 bits per heavy atom. The number of carbonyl (C=O) groups excluding carboxylic acids is 1. The zero-order valence-electron chi connectivity index (χ0n) is 9.89. The molecule has 0 bridgehead atoms. The molecule has 3 N–H and O–H groups in total. The van der Waals surface area contributed by atoms with Crippen LogP contribution >= 0.6 is 0 Å². The standard InChI is InChI=1S/C12H16N2O4/c15-11(16)10(6-8-3-4-8)14-12(17)13-7-9-2-1-5-18-9/h1-2,5,8,10H,3-4,6-7H2,(H,15,16)(H2,13,14,17)/t10-/m0/s1. The van der Waals surface area contributed by atoms with E-state index in [0.29, 0.717) is 18.1 Å². The van der Waals surface area contributed by atoms with Gasteiger partial charge in [0.1, 0.15) is 11.8 Å². The van der Waals surface area contributed by atoms with Crippen molar-refractivity contribution in [3.05, 3.63) is 24.2 Å². The first-order chi connectivity index (χ1) is 8.65. The van der Waals surface area contributed by atoms with Crippen LogP contribution in [-0.2, 0) is 11.3 Å². The molecule has 0 aromatic carbocycles. The number of carboxylic acids is 1. The molecule has 1 aromatic heterocycles. The second-order valence-electron chi connectivity index (χ2n) is 4.48. The number of hydrogen-bond acceptors (Lipinski definition) is 3. The molecule has 1 heterocycles. The fourth-order valence-corrected chi connectivity index (χ4v) is 1.70. The largest absolute Gasteiger partial charge is 0.480 e. The Hall–Kier alpha value is -1.98. The predicted octanol–water partition coefficient (Wildman–Crippen LogP) is 1.33. The summed E-state index contributed by atoms with van der Waals surface area (Å²) < 4.78 is 5.05. The molecule has 0 aliphatic heterocycles. The van der Waals surface area contributed by atoms with Gasteiger partial charge in [0.15, 0.2) is 0 Å². The van der Waals surface area contributed by atoms with Crippen LogP contribution in [0.5, 0.6) is 0 Å². The Balaban J connectivity index is 1.75. The van der Waals surface area contributed by atoms with E-state index in [2.05, 4.69) is 10.6 Å². The number of nitrogens with one attached hydrogen (secondary N) is 2. The van der Waals surface area contributed by atoms with Crippen LogP contribution in [0.25, 0.3) is 0 Å². The quantitative estimate of drug-likeness (QED) is 0.712. The van der Waals surface area contributed by atoms with Crippen LogP contribution in [0.1, 0.15) is 25.0 Å². The van der Waals surface area contributed by atoms with Crippen molar-refractivity contribution in [2.24, 2.45) is 5.92 Å². The van der Waals surface area contributed by atoms with Gasteiger partial charge in [0.2, 0.25) is 0 Å². The van der Waals surface area contributed by atoms with Crippen molar-refractivity contribution < 1.29 is 19.1 Å². The number of hydrogen-bond donors (Lipinski definition) is 3. The monoisotopic (exact) mass is 252 g/mol. The molecular formula is C12H16N2O4. The molecule has 2 amide bonds. The van der Waals surface area contributed by atoms with Crippen LogP contribution in [0, 0.1) is 5.92 Å². The smallest absolute Gasteiger partial charge is 0.326 e. The molecule has 6 heteroatoms. The average Bonchev–Trinajstić information content (AvgIpc) is 2.99. The van der Waals surface area contributed by atoms with Gasteiger partial charge in [-0.2, -0.15) is 0 Å². The van der Waals surface area contributed by atoms with Gasteiger partial charge < -0.3 is 20.2 Å². The highest BCUT2D eigenvalue weighted by molar-refractivity contribution is 5.82. The molecule has 0 radical (unpaired) electrons. The lowest BCUT2D eigenvalue weighted by molar-refractivity contribution is -0.139. The average molecular weight is 252 g/mol. The van der Waals surface area contributed by atoms with E-state index in [1.54, 1.807) is 12.1 Å². The van der Waals surface area contributed by atoms with Crippen LogP contribution in [0.3, 0.4) is 0 Å². The molecule has 1 aromatic rings. The molecule has 1 fully saturated rings. The minimum atomic E-state index is -0.991. The van der Waals surface area contributed by atoms with Crippen LogP contribution in [0.15, 0.2) is 22.8 Å². The fourth-order valence-electron chi connectivity index (χ4n) is 1.70. The Morgan fingerprint density at radius 1 is 1.50 bits per heavy atom. The molecule has 1 saturated carbocycles. The minimum Gasteiger partial charge on any atom is -0.480 e. The third kappa shape index (κ3) is 3.80. The number of carbonyl (C=O) groups is 2. The first kappa shape index (κ1) is 12.5. The van der Waals surface area contributed by atoms with Gasteiger partial charge >= 0.3 is 12.0 Å². The summed E-state index contributed by atoms with van der Waals surface area (Å²) in [6, 6.07) is 2.16. The molecule has 0 unspecified atom stereocenters. The van der Waals surface area contributed by atoms with E-state index in [9.17, 15) is 9.59 Å². The Kier molecular flexibility index (Phi) is 3.86. The van der Waals surface area contributed by atoms with Crippen molar-refractivity contribution >= 4 is 12.0 Å². The first-order valence-electron chi connectivity index (χ1n) is 5.94.